The molecular weight excluding hydrogens is 334 g/mol. The van der Waals surface area contributed by atoms with Gasteiger partial charge < -0.3 is 4.74 Å². The molecule has 130 valence electrons. The fraction of sp³-hybridized carbons (Fsp3) is 0.263. The molecule has 0 aliphatic heterocycles. The summed E-state index contributed by atoms with van der Waals surface area (Å²) in [5.41, 5.74) is 2.17. The number of hydrogen-bond donors (Lipinski definition) is 1. The summed E-state index contributed by atoms with van der Waals surface area (Å²) in [5, 5.41) is 7.56. The van der Waals surface area contributed by atoms with Gasteiger partial charge in [-0.25, -0.2) is 9.89 Å². The molecule has 0 bridgehead atoms. The number of aromatic nitrogens is 3. The third-order valence-electron chi connectivity index (χ3n) is 3.88. The number of ether oxygens (including phenoxy) is 1. The first kappa shape index (κ1) is 17.5. The Bertz CT molecular complexity index is 791. The maximum absolute atomic E-state index is 12.1. The summed E-state index contributed by atoms with van der Waals surface area (Å²) in [6, 6.07) is 20.5. The minimum atomic E-state index is -0.182. The maximum atomic E-state index is 12.1. The molecular formula is C19H21N3O2S. The van der Waals surface area contributed by atoms with Gasteiger partial charge in [0.2, 0.25) is 0 Å². The van der Waals surface area contributed by atoms with Gasteiger partial charge in [0.05, 0.1) is 5.25 Å². The van der Waals surface area contributed by atoms with Gasteiger partial charge in [-0.3, -0.25) is 4.57 Å². The predicted octanol–water partition coefficient (Wildman–Crippen LogP) is 3.49. The van der Waals surface area contributed by atoms with Crippen LogP contribution in [-0.2, 0) is 11.3 Å². The summed E-state index contributed by atoms with van der Waals surface area (Å²) in [6.07, 6.45) is 0.769. The molecule has 0 unspecified atom stereocenters. The number of rotatable bonds is 8. The second kappa shape index (κ2) is 8.69. The summed E-state index contributed by atoms with van der Waals surface area (Å²) in [6.45, 7) is 1.20. The molecule has 1 N–H and O–H groups in total. The SMILES string of the molecule is COCCCn1c(SC(c2ccccc2)c2ccccc2)n[nH]c1=O. The average Bonchev–Trinajstić information content (AvgIpc) is 3.01. The number of methoxy groups -OCH3 is 1. The zero-order chi connectivity index (χ0) is 17.5. The minimum Gasteiger partial charge on any atom is -0.385 e. The molecule has 2 aromatic carbocycles. The summed E-state index contributed by atoms with van der Waals surface area (Å²) in [4.78, 5) is 12.1. The highest BCUT2D eigenvalue weighted by Gasteiger charge is 2.19. The van der Waals surface area contributed by atoms with Gasteiger partial charge in [0, 0.05) is 20.3 Å². The van der Waals surface area contributed by atoms with E-state index in [1.54, 1.807) is 23.4 Å². The molecule has 3 aromatic rings. The second-order valence-electron chi connectivity index (χ2n) is 5.63. The van der Waals surface area contributed by atoms with Crippen molar-refractivity contribution in [3.63, 3.8) is 0 Å². The molecule has 0 aliphatic rings. The van der Waals surface area contributed by atoms with E-state index in [1.165, 1.54) is 11.1 Å². The van der Waals surface area contributed by atoms with E-state index in [-0.39, 0.29) is 10.9 Å². The van der Waals surface area contributed by atoms with Gasteiger partial charge in [-0.1, -0.05) is 72.4 Å². The van der Waals surface area contributed by atoms with Gasteiger partial charge in [-0.15, -0.1) is 5.10 Å². The quantitative estimate of drug-likeness (QED) is 0.496. The van der Waals surface area contributed by atoms with E-state index in [0.717, 1.165) is 6.42 Å². The van der Waals surface area contributed by atoms with E-state index in [1.807, 2.05) is 36.4 Å². The minimum absolute atomic E-state index is 0.0683. The lowest BCUT2D eigenvalue weighted by molar-refractivity contribution is 0.189. The molecule has 6 heteroatoms. The standard InChI is InChI=1S/C19H21N3O2S/c1-24-14-8-13-22-18(23)20-21-19(22)25-17(15-9-4-2-5-10-15)16-11-6-3-7-12-16/h2-7,9-12,17H,8,13-14H2,1H3,(H,20,23). The molecule has 25 heavy (non-hydrogen) atoms. The Balaban J connectivity index is 1.90. The van der Waals surface area contributed by atoms with E-state index in [4.69, 9.17) is 4.74 Å². The van der Waals surface area contributed by atoms with Crippen LogP contribution < -0.4 is 5.69 Å². The number of nitrogens with zero attached hydrogens (tertiary/aromatic N) is 2. The average molecular weight is 355 g/mol. The molecule has 1 heterocycles. The molecule has 0 radical (unpaired) electrons. The first-order valence-electron chi connectivity index (χ1n) is 8.20. The summed E-state index contributed by atoms with van der Waals surface area (Å²) >= 11 is 1.58. The van der Waals surface area contributed by atoms with Crippen LogP contribution >= 0.6 is 11.8 Å². The highest BCUT2D eigenvalue weighted by Crippen LogP contribution is 2.39. The van der Waals surface area contributed by atoms with Crippen molar-refractivity contribution in [3.8, 4) is 0 Å². The Morgan fingerprint density at radius 2 is 1.68 bits per heavy atom. The molecule has 5 nitrogen and oxygen atoms in total. The number of hydrogen-bond acceptors (Lipinski definition) is 4. The van der Waals surface area contributed by atoms with Gasteiger partial charge in [-0.2, -0.15) is 0 Å². The highest BCUT2D eigenvalue weighted by molar-refractivity contribution is 7.99. The first-order valence-corrected chi connectivity index (χ1v) is 9.08. The van der Waals surface area contributed by atoms with Crippen molar-refractivity contribution in [2.75, 3.05) is 13.7 Å². The molecule has 0 fully saturated rings. The highest BCUT2D eigenvalue weighted by atomic mass is 32.2. The van der Waals surface area contributed by atoms with Gasteiger partial charge in [-0.05, 0) is 17.5 Å². The van der Waals surface area contributed by atoms with Crippen LogP contribution in [0.2, 0.25) is 0 Å². The normalized spacial score (nSPS) is 11.1. The molecule has 0 atom stereocenters. The molecule has 1 aromatic heterocycles. The molecule has 0 amide bonds. The van der Waals surface area contributed by atoms with E-state index >= 15 is 0 Å². The smallest absolute Gasteiger partial charge is 0.343 e. The number of aromatic amines is 1. The van der Waals surface area contributed by atoms with Crippen molar-refractivity contribution in [2.24, 2.45) is 0 Å². The zero-order valence-corrected chi connectivity index (χ0v) is 14.9. The van der Waals surface area contributed by atoms with Gasteiger partial charge in [0.1, 0.15) is 0 Å². The lowest BCUT2D eigenvalue weighted by Gasteiger charge is -2.17. The molecule has 0 aliphatic carbocycles. The number of thioether (sulfide) groups is 1. The first-order chi connectivity index (χ1) is 12.3. The van der Waals surface area contributed by atoms with Crippen LogP contribution in [0.1, 0.15) is 22.8 Å². The maximum Gasteiger partial charge on any atom is 0.343 e. The Morgan fingerprint density at radius 1 is 1.08 bits per heavy atom. The molecule has 0 saturated carbocycles. The Morgan fingerprint density at radius 3 is 2.24 bits per heavy atom. The molecule has 3 rings (SSSR count). The number of H-pyrrole nitrogens is 1. The zero-order valence-electron chi connectivity index (χ0n) is 14.1. The van der Waals surface area contributed by atoms with E-state index in [9.17, 15) is 4.79 Å². The lowest BCUT2D eigenvalue weighted by atomic mass is 10.0. The molecule has 0 spiro atoms. The van der Waals surface area contributed by atoms with Crippen LogP contribution in [0, 0.1) is 0 Å². The van der Waals surface area contributed by atoms with Crippen molar-refractivity contribution in [2.45, 2.75) is 23.4 Å². The largest absolute Gasteiger partial charge is 0.385 e. The predicted molar refractivity (Wildman–Crippen MR) is 99.9 cm³/mol. The van der Waals surface area contributed by atoms with Crippen LogP contribution in [0.3, 0.4) is 0 Å². The number of benzene rings is 2. The van der Waals surface area contributed by atoms with Crippen LogP contribution in [0.25, 0.3) is 0 Å². The fourth-order valence-corrected chi connectivity index (χ4v) is 3.84. The monoisotopic (exact) mass is 355 g/mol. The second-order valence-corrected chi connectivity index (χ2v) is 6.70. The van der Waals surface area contributed by atoms with Crippen molar-refractivity contribution < 1.29 is 4.74 Å². The van der Waals surface area contributed by atoms with Crippen LogP contribution in [-0.4, -0.2) is 28.5 Å². The Hall–Kier alpha value is -2.31. The molecule has 0 saturated heterocycles. The Kier molecular flexibility index (Phi) is 6.09. The van der Waals surface area contributed by atoms with Crippen LogP contribution in [0.15, 0.2) is 70.6 Å². The summed E-state index contributed by atoms with van der Waals surface area (Å²) in [5.74, 6) is 0. The third kappa shape index (κ3) is 4.41. The Labute approximate surface area is 151 Å². The van der Waals surface area contributed by atoms with E-state index in [2.05, 4.69) is 34.5 Å². The van der Waals surface area contributed by atoms with Crippen molar-refractivity contribution in [1.29, 1.82) is 0 Å². The van der Waals surface area contributed by atoms with E-state index < -0.39 is 0 Å². The summed E-state index contributed by atoms with van der Waals surface area (Å²) in [7, 11) is 1.66. The van der Waals surface area contributed by atoms with Gasteiger partial charge in [0.15, 0.2) is 5.16 Å². The van der Waals surface area contributed by atoms with Crippen molar-refractivity contribution >= 4 is 11.8 Å². The topological polar surface area (TPSA) is 59.9 Å². The third-order valence-corrected chi connectivity index (χ3v) is 5.18. The lowest BCUT2D eigenvalue weighted by Crippen LogP contribution is -2.18. The van der Waals surface area contributed by atoms with E-state index in [0.29, 0.717) is 18.3 Å². The van der Waals surface area contributed by atoms with Gasteiger partial charge in [0.25, 0.3) is 0 Å². The van der Waals surface area contributed by atoms with Crippen molar-refractivity contribution in [1.82, 2.24) is 14.8 Å². The number of nitrogens with one attached hydrogen (secondary N) is 1. The van der Waals surface area contributed by atoms with Crippen LogP contribution in [0.4, 0.5) is 0 Å². The van der Waals surface area contributed by atoms with Crippen LogP contribution in [0.5, 0.6) is 0 Å². The summed E-state index contributed by atoms with van der Waals surface area (Å²) < 4.78 is 6.77. The van der Waals surface area contributed by atoms with Crippen molar-refractivity contribution in [3.05, 3.63) is 82.3 Å². The van der Waals surface area contributed by atoms with Gasteiger partial charge >= 0.3 is 5.69 Å². The fourth-order valence-electron chi connectivity index (χ4n) is 2.65.